The molecule has 2 aromatic rings. The number of likely N-dealkylation sites (tertiary alicyclic amines) is 1. The normalized spacial score (nSPS) is 17.1. The average molecular weight is 392 g/mol. The third-order valence-corrected chi connectivity index (χ3v) is 6.16. The van der Waals surface area contributed by atoms with E-state index >= 15 is 0 Å². The predicted molar refractivity (Wildman–Crippen MR) is 114 cm³/mol. The van der Waals surface area contributed by atoms with Gasteiger partial charge in [-0.2, -0.15) is 5.26 Å². The van der Waals surface area contributed by atoms with E-state index in [0.29, 0.717) is 6.61 Å². The van der Waals surface area contributed by atoms with Crippen molar-refractivity contribution in [2.24, 2.45) is 5.92 Å². The highest BCUT2D eigenvalue weighted by Crippen LogP contribution is 2.36. The molecule has 5 heteroatoms. The maximum Gasteiger partial charge on any atom is 0.163 e. The Labute approximate surface area is 173 Å². The van der Waals surface area contributed by atoms with Crippen LogP contribution in [0, 0.1) is 17.2 Å². The lowest BCUT2D eigenvalue weighted by atomic mass is 9.99. The molecule has 152 valence electrons. The summed E-state index contributed by atoms with van der Waals surface area (Å²) in [5.74, 6) is 2.39. The van der Waals surface area contributed by atoms with Gasteiger partial charge in [0.2, 0.25) is 0 Å². The number of anilines is 1. The first-order valence-electron chi connectivity index (χ1n) is 10.5. The number of hydrogen-bond acceptors (Lipinski definition) is 5. The minimum atomic E-state index is 0.660. The molecule has 1 fully saturated rings. The van der Waals surface area contributed by atoms with Crippen LogP contribution in [-0.2, 0) is 13.1 Å². The number of piperidine rings is 1. The molecular formula is C24H29N3O2. The minimum Gasteiger partial charge on any atom is -0.493 e. The summed E-state index contributed by atoms with van der Waals surface area (Å²) < 4.78 is 11.7. The van der Waals surface area contributed by atoms with E-state index in [4.69, 9.17) is 9.47 Å². The molecule has 29 heavy (non-hydrogen) atoms. The second-order valence-corrected chi connectivity index (χ2v) is 8.12. The number of nitriles is 1. The first-order valence-corrected chi connectivity index (χ1v) is 10.5. The Hall–Kier alpha value is -2.71. The molecule has 0 spiro atoms. The van der Waals surface area contributed by atoms with Gasteiger partial charge in [-0.3, -0.25) is 4.90 Å². The molecule has 2 aromatic carbocycles. The van der Waals surface area contributed by atoms with Crippen LogP contribution in [0.25, 0.3) is 0 Å². The summed E-state index contributed by atoms with van der Waals surface area (Å²) >= 11 is 0. The van der Waals surface area contributed by atoms with Crippen molar-refractivity contribution in [2.45, 2.75) is 32.9 Å². The quantitative estimate of drug-likeness (QED) is 0.739. The van der Waals surface area contributed by atoms with Crippen LogP contribution in [0.4, 0.5) is 5.69 Å². The van der Waals surface area contributed by atoms with Crippen LogP contribution in [0.1, 0.15) is 36.5 Å². The maximum absolute atomic E-state index is 9.38. The Kier molecular flexibility index (Phi) is 5.92. The summed E-state index contributed by atoms with van der Waals surface area (Å²) in [5, 5.41) is 9.38. The number of hydrogen-bond donors (Lipinski definition) is 0. The van der Waals surface area contributed by atoms with Crippen molar-refractivity contribution in [1.29, 1.82) is 5.26 Å². The first-order chi connectivity index (χ1) is 14.2. The third-order valence-electron chi connectivity index (χ3n) is 6.16. The second-order valence-electron chi connectivity index (χ2n) is 8.12. The fraction of sp³-hybridized carbons (Fsp3) is 0.458. The first kappa shape index (κ1) is 19.6. The number of benzene rings is 2. The van der Waals surface area contributed by atoms with Crippen LogP contribution in [0.3, 0.4) is 0 Å². The Bertz CT molecular complexity index is 897. The molecule has 0 unspecified atom stereocenters. The molecule has 0 saturated carbocycles. The molecule has 1 saturated heterocycles. The predicted octanol–water partition coefficient (Wildman–Crippen LogP) is 4.20. The van der Waals surface area contributed by atoms with Crippen molar-refractivity contribution in [3.05, 3.63) is 53.1 Å². The highest BCUT2D eigenvalue weighted by Gasteiger charge is 2.23. The van der Waals surface area contributed by atoms with E-state index in [-0.39, 0.29) is 0 Å². The number of nitrogens with zero attached hydrogens (tertiary/aromatic N) is 3. The number of fused-ring (bicyclic) bond motifs is 1. The van der Waals surface area contributed by atoms with Gasteiger partial charge >= 0.3 is 0 Å². The molecule has 2 aliphatic heterocycles. The van der Waals surface area contributed by atoms with Crippen molar-refractivity contribution < 1.29 is 9.47 Å². The second kappa shape index (κ2) is 8.75. The maximum atomic E-state index is 9.38. The SMILES string of the molecule is COc1ccc(N2Cc3cccc(C#N)c3C2)cc1OCCN1CCC(C)CC1. The summed E-state index contributed by atoms with van der Waals surface area (Å²) in [6.07, 6.45) is 2.55. The van der Waals surface area contributed by atoms with Crippen LogP contribution in [0.2, 0.25) is 0 Å². The van der Waals surface area contributed by atoms with Gasteiger partial charge in [-0.05, 0) is 61.2 Å². The van der Waals surface area contributed by atoms with E-state index in [1.807, 2.05) is 18.2 Å². The Morgan fingerprint density at radius 2 is 1.93 bits per heavy atom. The number of methoxy groups -OCH3 is 1. The molecule has 0 bridgehead atoms. The third kappa shape index (κ3) is 4.33. The van der Waals surface area contributed by atoms with Crippen LogP contribution in [0.15, 0.2) is 36.4 Å². The average Bonchev–Trinajstić information content (AvgIpc) is 3.19. The zero-order chi connectivity index (χ0) is 20.2. The molecule has 2 aliphatic rings. The van der Waals surface area contributed by atoms with Crippen LogP contribution in [-0.4, -0.2) is 38.3 Å². The standard InChI is InChI=1S/C24H29N3O2/c1-18-8-10-26(11-9-18)12-13-29-24-14-21(6-7-23(24)28-2)27-16-20-5-3-4-19(15-25)22(20)17-27/h3-7,14,18H,8-13,16-17H2,1-2H3. The molecule has 0 N–H and O–H groups in total. The fourth-order valence-corrected chi connectivity index (χ4v) is 4.25. The van der Waals surface area contributed by atoms with Gasteiger partial charge in [0.1, 0.15) is 6.61 Å². The van der Waals surface area contributed by atoms with Crippen molar-refractivity contribution in [3.63, 3.8) is 0 Å². The lowest BCUT2D eigenvalue weighted by Gasteiger charge is -2.30. The molecule has 2 heterocycles. The van der Waals surface area contributed by atoms with Crippen molar-refractivity contribution in [2.75, 3.05) is 38.3 Å². The lowest BCUT2D eigenvalue weighted by Crippen LogP contribution is -2.35. The van der Waals surface area contributed by atoms with Gasteiger partial charge < -0.3 is 14.4 Å². The minimum absolute atomic E-state index is 0.660. The molecule has 0 aliphatic carbocycles. The highest BCUT2D eigenvalue weighted by atomic mass is 16.5. The van der Waals surface area contributed by atoms with Crippen LogP contribution >= 0.6 is 0 Å². The molecule has 0 aromatic heterocycles. The Morgan fingerprint density at radius 1 is 1.10 bits per heavy atom. The van der Waals surface area contributed by atoms with Crippen LogP contribution < -0.4 is 14.4 Å². The van der Waals surface area contributed by atoms with E-state index in [1.54, 1.807) is 7.11 Å². The molecule has 0 amide bonds. The Morgan fingerprint density at radius 3 is 2.69 bits per heavy atom. The van der Waals surface area contributed by atoms with Gasteiger partial charge in [-0.1, -0.05) is 19.1 Å². The van der Waals surface area contributed by atoms with Crippen molar-refractivity contribution >= 4 is 5.69 Å². The van der Waals surface area contributed by atoms with E-state index in [9.17, 15) is 5.26 Å². The number of ether oxygens (including phenoxy) is 2. The van der Waals surface area contributed by atoms with Crippen molar-refractivity contribution in [1.82, 2.24) is 4.90 Å². The lowest BCUT2D eigenvalue weighted by molar-refractivity contribution is 0.158. The van der Waals surface area contributed by atoms with Gasteiger partial charge in [0.15, 0.2) is 11.5 Å². The zero-order valence-corrected chi connectivity index (χ0v) is 17.4. The number of rotatable bonds is 6. The molecular weight excluding hydrogens is 362 g/mol. The summed E-state index contributed by atoms with van der Waals surface area (Å²) in [6, 6.07) is 14.4. The van der Waals surface area contributed by atoms with E-state index in [1.165, 1.54) is 18.4 Å². The van der Waals surface area contributed by atoms with E-state index in [2.05, 4.69) is 41.0 Å². The smallest absolute Gasteiger partial charge is 0.163 e. The van der Waals surface area contributed by atoms with Gasteiger partial charge in [-0.15, -0.1) is 0 Å². The van der Waals surface area contributed by atoms with Gasteiger partial charge in [-0.25, -0.2) is 0 Å². The summed E-state index contributed by atoms with van der Waals surface area (Å²) in [6.45, 7) is 7.82. The van der Waals surface area contributed by atoms with Crippen LogP contribution in [0.5, 0.6) is 11.5 Å². The highest BCUT2D eigenvalue weighted by molar-refractivity contribution is 5.60. The van der Waals surface area contributed by atoms with Gasteiger partial charge in [0, 0.05) is 31.4 Å². The topological polar surface area (TPSA) is 48.7 Å². The summed E-state index contributed by atoms with van der Waals surface area (Å²) in [4.78, 5) is 4.76. The molecule has 4 rings (SSSR count). The largest absolute Gasteiger partial charge is 0.493 e. The zero-order valence-electron chi connectivity index (χ0n) is 17.4. The molecule has 0 radical (unpaired) electrons. The van der Waals surface area contributed by atoms with Crippen molar-refractivity contribution in [3.8, 4) is 17.6 Å². The van der Waals surface area contributed by atoms with E-state index in [0.717, 1.165) is 67.0 Å². The molecule has 0 atom stereocenters. The molecule has 5 nitrogen and oxygen atoms in total. The van der Waals surface area contributed by atoms with Gasteiger partial charge in [0.25, 0.3) is 0 Å². The monoisotopic (exact) mass is 391 g/mol. The van der Waals surface area contributed by atoms with Gasteiger partial charge in [0.05, 0.1) is 18.7 Å². The Balaban J connectivity index is 1.43. The summed E-state index contributed by atoms with van der Waals surface area (Å²) in [7, 11) is 1.68. The van der Waals surface area contributed by atoms with E-state index < -0.39 is 0 Å². The fourth-order valence-electron chi connectivity index (χ4n) is 4.25. The summed E-state index contributed by atoms with van der Waals surface area (Å²) in [5.41, 5.74) is 4.22.